The van der Waals surface area contributed by atoms with Crippen LogP contribution in [0.2, 0.25) is 0 Å². The van der Waals surface area contributed by atoms with Crippen molar-refractivity contribution >= 4 is 5.96 Å². The number of nitrogens with zero attached hydrogens (tertiary/aromatic N) is 3. The Morgan fingerprint density at radius 1 is 1.24 bits per heavy atom. The molecule has 0 amide bonds. The van der Waals surface area contributed by atoms with Crippen LogP contribution < -0.4 is 10.6 Å². The van der Waals surface area contributed by atoms with Crippen molar-refractivity contribution in [1.29, 1.82) is 0 Å². The first-order valence-electron chi connectivity index (χ1n) is 7.25. The molecule has 2 aromatic rings. The molecule has 0 unspecified atom stereocenters. The molecule has 0 saturated heterocycles. The predicted octanol–water partition coefficient (Wildman–Crippen LogP) is 1.95. The van der Waals surface area contributed by atoms with Crippen LogP contribution in [0.15, 0.2) is 47.7 Å². The number of nitrogens with one attached hydrogen (secondary N) is 2. The predicted molar refractivity (Wildman–Crippen MR) is 86.2 cm³/mol. The molecular formula is C16H23N5. The number of guanidine groups is 1. The highest BCUT2D eigenvalue weighted by atomic mass is 15.3. The molecular weight excluding hydrogens is 262 g/mol. The van der Waals surface area contributed by atoms with E-state index < -0.39 is 0 Å². The molecule has 112 valence electrons. The lowest BCUT2D eigenvalue weighted by molar-refractivity contribution is 0.570. The summed E-state index contributed by atoms with van der Waals surface area (Å²) in [5, 5.41) is 10.8. The Kier molecular flexibility index (Phi) is 5.82. The average molecular weight is 285 g/mol. The van der Waals surface area contributed by atoms with E-state index in [-0.39, 0.29) is 0 Å². The van der Waals surface area contributed by atoms with Gasteiger partial charge in [-0.05, 0) is 25.0 Å². The first kappa shape index (κ1) is 15.1. The summed E-state index contributed by atoms with van der Waals surface area (Å²) in [6.45, 7) is 4.65. The van der Waals surface area contributed by atoms with E-state index in [4.69, 9.17) is 0 Å². The zero-order valence-corrected chi connectivity index (χ0v) is 12.7. The van der Waals surface area contributed by atoms with E-state index in [0.29, 0.717) is 0 Å². The molecule has 1 heterocycles. The molecule has 0 saturated carbocycles. The lowest BCUT2D eigenvalue weighted by Crippen LogP contribution is -2.37. The minimum atomic E-state index is 0.777. The van der Waals surface area contributed by atoms with Crippen molar-refractivity contribution in [3.8, 4) is 0 Å². The van der Waals surface area contributed by atoms with E-state index in [1.807, 2.05) is 16.9 Å². The maximum absolute atomic E-state index is 4.23. The van der Waals surface area contributed by atoms with Gasteiger partial charge in [0.2, 0.25) is 0 Å². The van der Waals surface area contributed by atoms with E-state index in [9.17, 15) is 0 Å². The standard InChI is InChI=1S/C16H23N5/c1-14-5-7-15(8-6-14)13-19-16(17-2)18-9-3-11-21-12-4-10-20-21/h4-8,10,12H,3,9,11,13H2,1-2H3,(H2,17,18,19). The smallest absolute Gasteiger partial charge is 0.191 e. The molecule has 2 N–H and O–H groups in total. The summed E-state index contributed by atoms with van der Waals surface area (Å²) in [7, 11) is 1.79. The number of aromatic nitrogens is 2. The second kappa shape index (κ2) is 8.09. The SMILES string of the molecule is CN=C(NCCCn1cccn1)NCc1ccc(C)cc1. The van der Waals surface area contributed by atoms with Gasteiger partial charge in [-0.1, -0.05) is 29.8 Å². The van der Waals surface area contributed by atoms with E-state index >= 15 is 0 Å². The molecule has 0 spiro atoms. The van der Waals surface area contributed by atoms with Crippen LogP contribution in [0.4, 0.5) is 0 Å². The van der Waals surface area contributed by atoms with Crippen LogP contribution in [0, 0.1) is 6.92 Å². The second-order valence-corrected chi connectivity index (χ2v) is 4.96. The molecule has 1 aromatic carbocycles. The van der Waals surface area contributed by atoms with E-state index in [2.05, 4.69) is 51.9 Å². The van der Waals surface area contributed by atoms with Gasteiger partial charge in [0.05, 0.1) is 0 Å². The van der Waals surface area contributed by atoms with Gasteiger partial charge in [-0.25, -0.2) is 0 Å². The van der Waals surface area contributed by atoms with Gasteiger partial charge < -0.3 is 10.6 Å². The molecule has 0 aliphatic carbocycles. The highest BCUT2D eigenvalue weighted by molar-refractivity contribution is 5.79. The van der Waals surface area contributed by atoms with Gasteiger partial charge in [0.15, 0.2) is 5.96 Å². The minimum Gasteiger partial charge on any atom is -0.356 e. The van der Waals surface area contributed by atoms with Crippen molar-refractivity contribution in [2.24, 2.45) is 4.99 Å². The number of benzene rings is 1. The summed E-state index contributed by atoms with van der Waals surface area (Å²) >= 11 is 0. The highest BCUT2D eigenvalue weighted by Gasteiger charge is 1.98. The second-order valence-electron chi connectivity index (χ2n) is 4.96. The molecule has 0 fully saturated rings. The summed E-state index contributed by atoms with van der Waals surface area (Å²) in [5.74, 6) is 0.830. The largest absolute Gasteiger partial charge is 0.356 e. The monoisotopic (exact) mass is 285 g/mol. The third-order valence-corrected chi connectivity index (χ3v) is 3.22. The lowest BCUT2D eigenvalue weighted by Gasteiger charge is -2.12. The van der Waals surface area contributed by atoms with E-state index in [0.717, 1.165) is 32.0 Å². The number of rotatable bonds is 6. The fraction of sp³-hybridized carbons (Fsp3) is 0.375. The van der Waals surface area contributed by atoms with Crippen molar-refractivity contribution in [3.05, 3.63) is 53.9 Å². The van der Waals surface area contributed by atoms with Crippen LogP contribution in [-0.4, -0.2) is 29.3 Å². The average Bonchev–Trinajstić information content (AvgIpc) is 3.01. The quantitative estimate of drug-likeness (QED) is 0.484. The van der Waals surface area contributed by atoms with Gasteiger partial charge in [0.1, 0.15) is 0 Å². The van der Waals surface area contributed by atoms with Crippen molar-refractivity contribution in [3.63, 3.8) is 0 Å². The van der Waals surface area contributed by atoms with Crippen LogP contribution in [0.3, 0.4) is 0 Å². The summed E-state index contributed by atoms with van der Waals surface area (Å²) in [6, 6.07) is 10.4. The molecule has 5 nitrogen and oxygen atoms in total. The normalized spacial score (nSPS) is 11.4. The first-order chi connectivity index (χ1) is 10.3. The van der Waals surface area contributed by atoms with Crippen LogP contribution in [0.1, 0.15) is 17.5 Å². The third-order valence-electron chi connectivity index (χ3n) is 3.22. The molecule has 21 heavy (non-hydrogen) atoms. The number of aliphatic imine (C=N–C) groups is 1. The van der Waals surface area contributed by atoms with Gasteiger partial charge >= 0.3 is 0 Å². The Bertz CT molecular complexity index is 543. The van der Waals surface area contributed by atoms with E-state index in [1.165, 1.54) is 11.1 Å². The van der Waals surface area contributed by atoms with Gasteiger partial charge in [0, 0.05) is 39.1 Å². The van der Waals surface area contributed by atoms with Gasteiger partial charge in [-0.3, -0.25) is 9.67 Å². The van der Waals surface area contributed by atoms with Crippen molar-refractivity contribution < 1.29 is 0 Å². The van der Waals surface area contributed by atoms with Crippen LogP contribution in [-0.2, 0) is 13.1 Å². The molecule has 0 bridgehead atoms. The Hall–Kier alpha value is -2.30. The van der Waals surface area contributed by atoms with Gasteiger partial charge in [-0.15, -0.1) is 0 Å². The van der Waals surface area contributed by atoms with Crippen LogP contribution >= 0.6 is 0 Å². The Morgan fingerprint density at radius 3 is 2.71 bits per heavy atom. The molecule has 0 aliphatic rings. The number of hydrogen-bond acceptors (Lipinski definition) is 2. The maximum atomic E-state index is 4.23. The summed E-state index contributed by atoms with van der Waals surface area (Å²) in [4.78, 5) is 4.23. The van der Waals surface area contributed by atoms with Gasteiger partial charge in [-0.2, -0.15) is 5.10 Å². The zero-order valence-electron chi connectivity index (χ0n) is 12.7. The van der Waals surface area contributed by atoms with Crippen molar-refractivity contribution in [2.45, 2.75) is 26.4 Å². The summed E-state index contributed by atoms with van der Waals surface area (Å²) in [5.41, 5.74) is 2.53. The lowest BCUT2D eigenvalue weighted by atomic mass is 10.1. The topological polar surface area (TPSA) is 54.2 Å². The Labute approximate surface area is 126 Å². The first-order valence-corrected chi connectivity index (χ1v) is 7.25. The zero-order chi connectivity index (χ0) is 14.9. The molecule has 0 radical (unpaired) electrons. The Morgan fingerprint density at radius 2 is 2.05 bits per heavy atom. The van der Waals surface area contributed by atoms with E-state index in [1.54, 1.807) is 13.2 Å². The minimum absolute atomic E-state index is 0.777. The highest BCUT2D eigenvalue weighted by Crippen LogP contribution is 2.02. The van der Waals surface area contributed by atoms with Crippen LogP contribution in [0.25, 0.3) is 0 Å². The van der Waals surface area contributed by atoms with Gasteiger partial charge in [0.25, 0.3) is 0 Å². The number of aryl methyl sites for hydroxylation is 2. The molecule has 1 aromatic heterocycles. The van der Waals surface area contributed by atoms with Crippen LogP contribution in [0.5, 0.6) is 0 Å². The summed E-state index contributed by atoms with van der Waals surface area (Å²) < 4.78 is 1.93. The molecule has 0 atom stereocenters. The summed E-state index contributed by atoms with van der Waals surface area (Å²) in [6.07, 6.45) is 4.78. The van der Waals surface area contributed by atoms with Crippen molar-refractivity contribution in [2.75, 3.05) is 13.6 Å². The third kappa shape index (κ3) is 5.30. The fourth-order valence-corrected chi connectivity index (χ4v) is 1.99. The number of hydrogen-bond donors (Lipinski definition) is 2. The molecule has 5 heteroatoms. The van der Waals surface area contributed by atoms with Crippen molar-refractivity contribution in [1.82, 2.24) is 20.4 Å². The Balaban J connectivity index is 1.67. The fourth-order valence-electron chi connectivity index (χ4n) is 1.99. The molecule has 2 rings (SSSR count). The molecule has 0 aliphatic heterocycles. The maximum Gasteiger partial charge on any atom is 0.191 e.